The van der Waals surface area contributed by atoms with E-state index >= 15 is 0 Å². The topological polar surface area (TPSA) is 46.9 Å². The van der Waals surface area contributed by atoms with Crippen molar-refractivity contribution in [2.45, 2.75) is 38.6 Å². The zero-order chi connectivity index (χ0) is 19.1. The molecule has 2 aliphatic rings. The lowest BCUT2D eigenvalue weighted by atomic mass is 9.95. The van der Waals surface area contributed by atoms with Crippen molar-refractivity contribution in [3.8, 4) is 16.8 Å². The second-order valence-corrected chi connectivity index (χ2v) is 8.27. The Bertz CT molecular complexity index is 1000. The van der Waals surface area contributed by atoms with Gasteiger partial charge in [-0.25, -0.2) is 4.98 Å². The fourth-order valence-corrected chi connectivity index (χ4v) is 5.03. The van der Waals surface area contributed by atoms with Gasteiger partial charge >= 0.3 is 0 Å². The highest BCUT2D eigenvalue weighted by molar-refractivity contribution is 5.93. The van der Waals surface area contributed by atoms with Crippen molar-refractivity contribution < 1.29 is 4.79 Å². The predicted molar refractivity (Wildman–Crippen MR) is 110 cm³/mol. The molecule has 0 saturated heterocycles. The van der Waals surface area contributed by atoms with Crippen molar-refractivity contribution in [1.29, 1.82) is 0 Å². The monoisotopic (exact) mass is 371 g/mol. The fraction of sp³-hybridized carbons (Fsp3) is 0.333. The van der Waals surface area contributed by atoms with Crippen LogP contribution >= 0.6 is 0 Å². The summed E-state index contributed by atoms with van der Waals surface area (Å²) in [6.45, 7) is 2.12. The summed E-state index contributed by atoms with van der Waals surface area (Å²) in [6, 6.07) is 17.0. The van der Waals surface area contributed by atoms with Crippen LogP contribution in [0.3, 0.4) is 0 Å². The van der Waals surface area contributed by atoms with Crippen LogP contribution in [0.5, 0.6) is 0 Å². The zero-order valence-electron chi connectivity index (χ0n) is 16.1. The molecule has 1 N–H and O–H groups in total. The highest BCUT2D eigenvalue weighted by Crippen LogP contribution is 2.44. The molecule has 4 heteroatoms. The van der Waals surface area contributed by atoms with Crippen LogP contribution in [-0.4, -0.2) is 21.5 Å². The Hall–Kier alpha value is -2.88. The summed E-state index contributed by atoms with van der Waals surface area (Å²) < 4.78 is 1.88. The van der Waals surface area contributed by atoms with E-state index in [2.05, 4.69) is 65.8 Å². The van der Waals surface area contributed by atoms with Crippen molar-refractivity contribution in [3.05, 3.63) is 72.3 Å². The summed E-state index contributed by atoms with van der Waals surface area (Å²) in [7, 11) is 0. The standard InChI is InChI=1S/C24H25N3O/c1-16-4-2-3-5-21(16)18-8-10-20(11-9-18)27-15-25-14-23(27)24(28)26-22-13-17-6-7-19(22)12-17/h2-5,8-11,14-15,17,19,22H,6-7,12-13H2,1H3,(H,26,28)/t17-,19-,22+/m0/s1. The number of hydrogen-bond donors (Lipinski definition) is 1. The Balaban J connectivity index is 1.37. The van der Waals surface area contributed by atoms with Crippen molar-refractivity contribution >= 4 is 5.91 Å². The number of imidazole rings is 1. The molecule has 1 aromatic heterocycles. The molecule has 28 heavy (non-hydrogen) atoms. The number of rotatable bonds is 4. The molecule has 1 amide bonds. The van der Waals surface area contributed by atoms with Gasteiger partial charge in [0.15, 0.2) is 0 Å². The van der Waals surface area contributed by atoms with E-state index in [0.29, 0.717) is 17.7 Å². The molecule has 2 aliphatic carbocycles. The minimum Gasteiger partial charge on any atom is -0.348 e. The van der Waals surface area contributed by atoms with Crippen LogP contribution < -0.4 is 5.32 Å². The molecule has 3 atom stereocenters. The first kappa shape index (κ1) is 17.2. The Morgan fingerprint density at radius 3 is 2.61 bits per heavy atom. The molecular weight excluding hydrogens is 346 g/mol. The van der Waals surface area contributed by atoms with Crippen LogP contribution in [0.1, 0.15) is 41.7 Å². The van der Waals surface area contributed by atoms with Crippen molar-refractivity contribution in [2.75, 3.05) is 0 Å². The molecular formula is C24H25N3O. The molecule has 2 saturated carbocycles. The highest BCUT2D eigenvalue weighted by atomic mass is 16.2. The highest BCUT2D eigenvalue weighted by Gasteiger charge is 2.40. The van der Waals surface area contributed by atoms with Crippen LogP contribution in [0.25, 0.3) is 16.8 Å². The van der Waals surface area contributed by atoms with E-state index in [-0.39, 0.29) is 5.91 Å². The van der Waals surface area contributed by atoms with Gasteiger partial charge in [0.25, 0.3) is 5.91 Å². The Morgan fingerprint density at radius 1 is 1.07 bits per heavy atom. The van der Waals surface area contributed by atoms with Gasteiger partial charge in [-0.05, 0) is 66.8 Å². The lowest BCUT2D eigenvalue weighted by molar-refractivity contribution is 0.0916. The van der Waals surface area contributed by atoms with E-state index in [4.69, 9.17) is 0 Å². The smallest absolute Gasteiger partial charge is 0.270 e. The molecule has 0 unspecified atom stereocenters. The number of nitrogens with one attached hydrogen (secondary N) is 1. The largest absolute Gasteiger partial charge is 0.348 e. The number of nitrogens with zero attached hydrogens (tertiary/aromatic N) is 2. The normalized spacial score (nSPS) is 23.1. The van der Waals surface area contributed by atoms with E-state index < -0.39 is 0 Å². The van der Waals surface area contributed by atoms with Crippen LogP contribution in [0, 0.1) is 18.8 Å². The lowest BCUT2D eigenvalue weighted by Gasteiger charge is -2.23. The van der Waals surface area contributed by atoms with Crippen LogP contribution in [-0.2, 0) is 0 Å². The number of hydrogen-bond acceptors (Lipinski definition) is 2. The molecule has 4 nitrogen and oxygen atoms in total. The summed E-state index contributed by atoms with van der Waals surface area (Å²) in [6.07, 6.45) is 8.40. The van der Waals surface area contributed by atoms with Crippen molar-refractivity contribution in [2.24, 2.45) is 11.8 Å². The quantitative estimate of drug-likeness (QED) is 0.718. The predicted octanol–water partition coefficient (Wildman–Crippen LogP) is 4.77. The summed E-state index contributed by atoms with van der Waals surface area (Å²) in [5.41, 5.74) is 5.21. The number of carbonyl (C=O) groups excluding carboxylic acids is 1. The van der Waals surface area contributed by atoms with Gasteiger partial charge in [0.2, 0.25) is 0 Å². The van der Waals surface area contributed by atoms with Gasteiger partial charge in [0.05, 0.1) is 12.5 Å². The maximum absolute atomic E-state index is 12.9. The van der Waals surface area contributed by atoms with Gasteiger partial charge < -0.3 is 5.32 Å². The maximum atomic E-state index is 12.9. The van der Waals surface area contributed by atoms with Crippen LogP contribution in [0.4, 0.5) is 0 Å². The third kappa shape index (κ3) is 3.03. The molecule has 2 bridgehead atoms. The average Bonchev–Trinajstić information content (AvgIpc) is 3.45. The Labute approximate surface area is 165 Å². The number of aryl methyl sites for hydroxylation is 1. The molecule has 5 rings (SSSR count). The van der Waals surface area contributed by atoms with Crippen LogP contribution in [0.2, 0.25) is 0 Å². The zero-order valence-corrected chi connectivity index (χ0v) is 16.1. The number of carbonyl (C=O) groups is 1. The van der Waals surface area contributed by atoms with E-state index in [1.807, 2.05) is 4.57 Å². The van der Waals surface area contributed by atoms with Gasteiger partial charge in [0, 0.05) is 11.7 Å². The first-order chi connectivity index (χ1) is 13.7. The minimum atomic E-state index is -0.0157. The Morgan fingerprint density at radius 2 is 1.89 bits per heavy atom. The maximum Gasteiger partial charge on any atom is 0.270 e. The third-order valence-electron chi connectivity index (χ3n) is 6.53. The second-order valence-electron chi connectivity index (χ2n) is 8.27. The van der Waals surface area contributed by atoms with Gasteiger partial charge in [-0.2, -0.15) is 0 Å². The van der Waals surface area contributed by atoms with Gasteiger partial charge in [0.1, 0.15) is 5.69 Å². The SMILES string of the molecule is Cc1ccccc1-c1ccc(-n2cncc2C(=O)N[C@@H]2C[C@H]3CC[C@H]2C3)cc1. The number of benzene rings is 2. The molecule has 2 fully saturated rings. The van der Waals surface area contributed by atoms with Crippen molar-refractivity contribution in [3.63, 3.8) is 0 Å². The number of amides is 1. The third-order valence-corrected chi connectivity index (χ3v) is 6.53. The summed E-state index contributed by atoms with van der Waals surface area (Å²) in [5.74, 6) is 1.46. The number of fused-ring (bicyclic) bond motifs is 2. The minimum absolute atomic E-state index is 0.0157. The van der Waals surface area contributed by atoms with Crippen molar-refractivity contribution in [1.82, 2.24) is 14.9 Å². The first-order valence-electron chi connectivity index (χ1n) is 10.2. The molecule has 0 radical (unpaired) electrons. The van der Waals surface area contributed by atoms with E-state index in [1.54, 1.807) is 12.5 Å². The van der Waals surface area contributed by atoms with Gasteiger partial charge in [-0.15, -0.1) is 0 Å². The lowest BCUT2D eigenvalue weighted by Crippen LogP contribution is -2.39. The van der Waals surface area contributed by atoms with E-state index in [9.17, 15) is 4.79 Å². The van der Waals surface area contributed by atoms with E-state index in [1.165, 1.54) is 36.0 Å². The van der Waals surface area contributed by atoms with Gasteiger partial charge in [-0.3, -0.25) is 9.36 Å². The molecule has 142 valence electrons. The summed E-state index contributed by atoms with van der Waals surface area (Å²) in [5, 5.41) is 3.27. The number of aromatic nitrogens is 2. The summed E-state index contributed by atoms with van der Waals surface area (Å²) in [4.78, 5) is 17.1. The Kier molecular flexibility index (Phi) is 4.27. The molecule has 3 aromatic rings. The molecule has 0 aliphatic heterocycles. The van der Waals surface area contributed by atoms with Gasteiger partial charge in [-0.1, -0.05) is 42.8 Å². The fourth-order valence-electron chi connectivity index (χ4n) is 5.03. The molecule has 2 aromatic carbocycles. The molecule has 0 spiro atoms. The summed E-state index contributed by atoms with van der Waals surface area (Å²) >= 11 is 0. The average molecular weight is 371 g/mol. The molecule has 1 heterocycles. The van der Waals surface area contributed by atoms with Crippen LogP contribution in [0.15, 0.2) is 61.1 Å². The van der Waals surface area contributed by atoms with E-state index in [0.717, 1.165) is 18.0 Å². The first-order valence-corrected chi connectivity index (χ1v) is 10.2. The second kappa shape index (κ2) is 6.93.